The molecule has 1 saturated carbocycles. The molecular formula is C22H29N3O2. The van der Waals surface area contributed by atoms with Gasteiger partial charge >= 0.3 is 0 Å². The monoisotopic (exact) mass is 367 g/mol. The third-order valence-electron chi connectivity index (χ3n) is 6.01. The van der Waals surface area contributed by atoms with E-state index >= 15 is 0 Å². The molecule has 5 heteroatoms. The lowest BCUT2D eigenvalue weighted by Crippen LogP contribution is -2.44. The second-order valence-electron chi connectivity index (χ2n) is 7.88. The van der Waals surface area contributed by atoms with Gasteiger partial charge in [0.15, 0.2) is 5.89 Å². The molecule has 2 aliphatic rings. The summed E-state index contributed by atoms with van der Waals surface area (Å²) in [5.74, 6) is 1.54. The van der Waals surface area contributed by atoms with Crippen molar-refractivity contribution >= 4 is 5.91 Å². The fourth-order valence-electron chi connectivity index (χ4n) is 4.34. The van der Waals surface area contributed by atoms with Crippen molar-refractivity contribution in [3.05, 3.63) is 46.9 Å². The van der Waals surface area contributed by atoms with E-state index in [9.17, 15) is 4.79 Å². The van der Waals surface area contributed by atoms with Gasteiger partial charge in [-0.25, -0.2) is 4.98 Å². The van der Waals surface area contributed by atoms with Crippen LogP contribution in [0.4, 0.5) is 0 Å². The Kier molecular flexibility index (Phi) is 5.02. The van der Waals surface area contributed by atoms with Gasteiger partial charge in [0.25, 0.3) is 5.91 Å². The third kappa shape index (κ3) is 3.40. The summed E-state index contributed by atoms with van der Waals surface area (Å²) in [6.07, 6.45) is 8.99. The van der Waals surface area contributed by atoms with Crippen LogP contribution in [0.15, 0.2) is 22.7 Å². The van der Waals surface area contributed by atoms with Gasteiger partial charge in [0, 0.05) is 18.2 Å². The van der Waals surface area contributed by atoms with Crippen molar-refractivity contribution in [3.63, 3.8) is 0 Å². The van der Waals surface area contributed by atoms with Crippen molar-refractivity contribution in [1.29, 1.82) is 0 Å². The smallest absolute Gasteiger partial charge is 0.292 e. The molecule has 0 bridgehead atoms. The Labute approximate surface area is 161 Å². The molecule has 2 aromatic rings. The molecule has 1 unspecified atom stereocenters. The van der Waals surface area contributed by atoms with Crippen LogP contribution in [0, 0.1) is 6.92 Å². The van der Waals surface area contributed by atoms with Crippen LogP contribution in [0.2, 0.25) is 0 Å². The van der Waals surface area contributed by atoms with Crippen LogP contribution < -0.4 is 0 Å². The molecule has 0 radical (unpaired) electrons. The standard InChI is InChI=1S/C22H29N3O2/c1-4-17(5-2)25(18-10-6-8-15-9-7-13-23-19(15)18)22(26)20-14(3)24-21(27-20)16-11-12-16/h7,9,13,16-18H,4-6,8,10-12H2,1-3H3. The highest BCUT2D eigenvalue weighted by Gasteiger charge is 2.38. The maximum atomic E-state index is 13.7. The Balaban J connectivity index is 1.73. The number of aryl methyl sites for hydroxylation is 2. The number of aromatic nitrogens is 2. The Morgan fingerprint density at radius 3 is 2.78 bits per heavy atom. The Hall–Kier alpha value is -2.17. The summed E-state index contributed by atoms with van der Waals surface area (Å²) in [6.45, 7) is 6.19. The highest BCUT2D eigenvalue weighted by atomic mass is 16.4. The Morgan fingerprint density at radius 2 is 2.07 bits per heavy atom. The van der Waals surface area contributed by atoms with Gasteiger partial charge in [-0.2, -0.15) is 0 Å². The van der Waals surface area contributed by atoms with E-state index in [1.165, 1.54) is 5.56 Å². The molecule has 2 aliphatic carbocycles. The molecular weight excluding hydrogens is 338 g/mol. The van der Waals surface area contributed by atoms with Gasteiger partial charge < -0.3 is 9.32 Å². The van der Waals surface area contributed by atoms with Gasteiger partial charge in [-0.05, 0) is 63.5 Å². The zero-order valence-corrected chi connectivity index (χ0v) is 16.6. The second kappa shape index (κ2) is 7.45. The quantitative estimate of drug-likeness (QED) is 0.724. The molecule has 1 atom stereocenters. The molecule has 144 valence electrons. The lowest BCUT2D eigenvalue weighted by Gasteiger charge is -2.39. The topological polar surface area (TPSA) is 59.2 Å². The molecule has 2 heterocycles. The predicted molar refractivity (Wildman–Crippen MR) is 104 cm³/mol. The van der Waals surface area contributed by atoms with Crippen molar-refractivity contribution in [2.45, 2.75) is 83.7 Å². The molecule has 5 nitrogen and oxygen atoms in total. The van der Waals surface area contributed by atoms with E-state index in [1.54, 1.807) is 0 Å². The van der Waals surface area contributed by atoms with Crippen molar-refractivity contribution in [2.24, 2.45) is 0 Å². The first-order valence-corrected chi connectivity index (χ1v) is 10.4. The van der Waals surface area contributed by atoms with Crippen molar-refractivity contribution in [2.75, 3.05) is 0 Å². The van der Waals surface area contributed by atoms with Gasteiger partial charge in [-0.3, -0.25) is 9.78 Å². The van der Waals surface area contributed by atoms with Crippen LogP contribution in [0.5, 0.6) is 0 Å². The molecule has 0 aliphatic heterocycles. The van der Waals surface area contributed by atoms with Gasteiger partial charge in [0.05, 0.1) is 17.4 Å². The van der Waals surface area contributed by atoms with Crippen LogP contribution in [-0.4, -0.2) is 26.8 Å². The van der Waals surface area contributed by atoms with E-state index in [0.717, 1.165) is 62.2 Å². The summed E-state index contributed by atoms with van der Waals surface area (Å²) in [5.41, 5.74) is 3.05. The van der Waals surface area contributed by atoms with E-state index in [4.69, 9.17) is 4.42 Å². The normalized spacial score (nSPS) is 19.2. The second-order valence-corrected chi connectivity index (χ2v) is 7.88. The minimum absolute atomic E-state index is 0.0150. The number of nitrogens with zero attached hydrogens (tertiary/aromatic N) is 3. The summed E-state index contributed by atoms with van der Waals surface area (Å²) >= 11 is 0. The SMILES string of the molecule is CCC(CC)N(C(=O)c1oc(C2CC2)nc1C)C1CCCc2cccnc21. The summed E-state index contributed by atoms with van der Waals surface area (Å²) in [7, 11) is 0. The summed E-state index contributed by atoms with van der Waals surface area (Å²) < 4.78 is 5.98. The maximum absolute atomic E-state index is 13.7. The molecule has 27 heavy (non-hydrogen) atoms. The van der Waals surface area contributed by atoms with Gasteiger partial charge in [-0.1, -0.05) is 19.9 Å². The predicted octanol–water partition coefficient (Wildman–Crippen LogP) is 4.96. The van der Waals surface area contributed by atoms with Crippen molar-refractivity contribution < 1.29 is 9.21 Å². The number of oxazole rings is 1. The molecule has 0 saturated heterocycles. The fraction of sp³-hybridized carbons (Fsp3) is 0.591. The lowest BCUT2D eigenvalue weighted by atomic mass is 9.89. The Morgan fingerprint density at radius 1 is 1.30 bits per heavy atom. The van der Waals surface area contributed by atoms with E-state index in [-0.39, 0.29) is 18.0 Å². The molecule has 1 amide bonds. The van der Waals surface area contributed by atoms with Crippen LogP contribution in [-0.2, 0) is 6.42 Å². The first-order valence-electron chi connectivity index (χ1n) is 10.4. The average molecular weight is 367 g/mol. The summed E-state index contributed by atoms with van der Waals surface area (Å²) in [5, 5.41) is 0. The first-order chi connectivity index (χ1) is 13.1. The minimum Gasteiger partial charge on any atom is -0.435 e. The number of amides is 1. The van der Waals surface area contributed by atoms with E-state index < -0.39 is 0 Å². The van der Waals surface area contributed by atoms with Crippen molar-refractivity contribution in [3.8, 4) is 0 Å². The van der Waals surface area contributed by atoms with Crippen LogP contribution in [0.3, 0.4) is 0 Å². The molecule has 1 fully saturated rings. The number of rotatable bonds is 6. The zero-order valence-electron chi connectivity index (χ0n) is 16.6. The molecule has 0 aromatic carbocycles. The number of hydrogen-bond donors (Lipinski definition) is 0. The van der Waals surface area contributed by atoms with Gasteiger partial charge in [-0.15, -0.1) is 0 Å². The van der Waals surface area contributed by atoms with Gasteiger partial charge in [0.2, 0.25) is 5.76 Å². The number of pyridine rings is 1. The van der Waals surface area contributed by atoms with Crippen LogP contribution in [0.25, 0.3) is 0 Å². The van der Waals surface area contributed by atoms with E-state index in [0.29, 0.717) is 11.7 Å². The first kappa shape index (κ1) is 18.2. The molecule has 2 aromatic heterocycles. The largest absolute Gasteiger partial charge is 0.435 e. The van der Waals surface area contributed by atoms with E-state index in [1.807, 2.05) is 19.2 Å². The highest BCUT2D eigenvalue weighted by Crippen LogP contribution is 2.41. The fourth-order valence-corrected chi connectivity index (χ4v) is 4.34. The van der Waals surface area contributed by atoms with Crippen LogP contribution >= 0.6 is 0 Å². The lowest BCUT2D eigenvalue weighted by molar-refractivity contribution is 0.0484. The number of carbonyl (C=O) groups excluding carboxylic acids is 1. The molecule has 0 spiro atoms. The average Bonchev–Trinajstić information content (AvgIpc) is 3.47. The number of fused-ring (bicyclic) bond motifs is 1. The van der Waals surface area contributed by atoms with Crippen molar-refractivity contribution in [1.82, 2.24) is 14.9 Å². The number of hydrogen-bond acceptors (Lipinski definition) is 4. The van der Waals surface area contributed by atoms with Crippen LogP contribution in [0.1, 0.15) is 97.7 Å². The maximum Gasteiger partial charge on any atom is 0.292 e. The summed E-state index contributed by atoms with van der Waals surface area (Å²) in [6, 6.07) is 4.33. The molecule has 4 rings (SSSR count). The highest BCUT2D eigenvalue weighted by molar-refractivity contribution is 5.93. The third-order valence-corrected chi connectivity index (χ3v) is 6.01. The minimum atomic E-state index is -0.0240. The number of carbonyl (C=O) groups is 1. The summed E-state index contributed by atoms with van der Waals surface area (Å²) in [4.78, 5) is 24.9. The molecule has 0 N–H and O–H groups in total. The van der Waals surface area contributed by atoms with Gasteiger partial charge in [0.1, 0.15) is 0 Å². The Bertz CT molecular complexity index is 821. The van der Waals surface area contributed by atoms with E-state index in [2.05, 4.69) is 34.8 Å². The zero-order chi connectivity index (χ0) is 19.0.